The number of aliphatic carboxylic acids is 1. The standard InChI is InChI=1S/C40H39N3O4S/c1-7-9-18-43-32-16-14-24(33-17-15-26(48-33)19-25(23-41)38(46)47)20-30(32)40(5,6)35(43)22-28-36(44)27(37(28)45)21-34-39(3,4)29-12-10-11-13-31(29)42(34)8-2/h10-17,19-22H,7-9,18H2,1-6H3,(H-,44,45,46,47)/p+1/b25-19-. The molecule has 0 spiro atoms. The Morgan fingerprint density at radius 1 is 1.02 bits per heavy atom. The highest BCUT2D eigenvalue weighted by atomic mass is 32.1. The molecule has 48 heavy (non-hydrogen) atoms. The molecule has 244 valence electrons. The molecule has 0 fully saturated rings. The van der Waals surface area contributed by atoms with Crippen molar-refractivity contribution in [3.05, 3.63) is 111 Å². The van der Waals surface area contributed by atoms with Gasteiger partial charge >= 0.3 is 5.97 Å². The average molecular weight is 659 g/mol. The fourth-order valence-corrected chi connectivity index (χ4v) is 8.09. The van der Waals surface area contributed by atoms with Gasteiger partial charge in [-0.3, -0.25) is 4.79 Å². The molecule has 2 N–H and O–H groups in total. The predicted octanol–water partition coefficient (Wildman–Crippen LogP) is 8.61. The van der Waals surface area contributed by atoms with Crippen LogP contribution in [0.25, 0.3) is 16.5 Å². The molecule has 2 aromatic carbocycles. The number of thiophene rings is 1. The van der Waals surface area contributed by atoms with E-state index in [-0.39, 0.29) is 22.5 Å². The van der Waals surface area contributed by atoms with Gasteiger partial charge < -0.3 is 15.1 Å². The van der Waals surface area contributed by atoms with Crippen LogP contribution in [0, 0.1) is 11.3 Å². The molecule has 0 unspecified atom stereocenters. The number of benzene rings is 2. The van der Waals surface area contributed by atoms with Gasteiger partial charge in [-0.25, -0.2) is 4.79 Å². The van der Waals surface area contributed by atoms with Crippen LogP contribution in [-0.2, 0) is 20.4 Å². The number of hydrogen-bond acceptors (Lipinski definition) is 6. The summed E-state index contributed by atoms with van der Waals surface area (Å²) in [6, 6.07) is 20.1. The number of hydrogen-bond donors (Lipinski definition) is 2. The fourth-order valence-electron chi connectivity index (χ4n) is 7.14. The van der Waals surface area contributed by atoms with E-state index in [4.69, 9.17) is 0 Å². The molecule has 0 radical (unpaired) electrons. The molecule has 8 heteroatoms. The zero-order valence-electron chi connectivity index (χ0n) is 28.2. The average Bonchev–Trinajstić information content (AvgIpc) is 3.69. The molecule has 2 aliphatic heterocycles. The number of nitriles is 1. The normalized spacial score (nSPS) is 19.6. The van der Waals surface area contributed by atoms with Crippen molar-refractivity contribution in [1.29, 1.82) is 5.26 Å². The van der Waals surface area contributed by atoms with Crippen molar-refractivity contribution in [2.75, 3.05) is 18.0 Å². The van der Waals surface area contributed by atoms with E-state index in [1.165, 1.54) is 23.0 Å². The molecular formula is C40H40N3O4S+. The third-order valence-electron chi connectivity index (χ3n) is 9.85. The summed E-state index contributed by atoms with van der Waals surface area (Å²) in [6.45, 7) is 14.4. The highest BCUT2D eigenvalue weighted by Crippen LogP contribution is 2.49. The van der Waals surface area contributed by atoms with Crippen molar-refractivity contribution in [3.8, 4) is 16.5 Å². The number of ketones is 1. The van der Waals surface area contributed by atoms with Crippen LogP contribution >= 0.6 is 11.3 Å². The lowest BCUT2D eigenvalue weighted by atomic mass is 9.77. The van der Waals surface area contributed by atoms with Crippen LogP contribution in [0.4, 0.5) is 11.4 Å². The second-order valence-electron chi connectivity index (χ2n) is 13.5. The molecular weight excluding hydrogens is 619 g/mol. The first-order chi connectivity index (χ1) is 22.8. The van der Waals surface area contributed by atoms with Crippen LogP contribution in [0.2, 0.25) is 0 Å². The number of unbranched alkanes of at least 4 members (excludes halogenated alkanes) is 1. The van der Waals surface area contributed by atoms with Gasteiger partial charge in [-0.1, -0.05) is 45.4 Å². The maximum atomic E-state index is 13.8. The number of fused-ring (bicyclic) bond motifs is 2. The number of nitrogens with zero attached hydrogens (tertiary/aromatic N) is 3. The minimum absolute atomic E-state index is 0.0305. The number of carboxylic acids is 1. The van der Waals surface area contributed by atoms with Gasteiger partial charge in [-0.05, 0) is 74.4 Å². The number of aliphatic hydroxyl groups is 1. The minimum Gasteiger partial charge on any atom is -0.506 e. The first kappa shape index (κ1) is 32.9. The molecule has 1 aliphatic carbocycles. The Labute approximate surface area is 285 Å². The maximum absolute atomic E-state index is 13.8. The topological polar surface area (TPSA) is 105 Å². The lowest BCUT2D eigenvalue weighted by Crippen LogP contribution is -2.32. The molecule has 0 amide bonds. The molecule has 0 bridgehead atoms. The molecule has 7 nitrogen and oxygen atoms in total. The number of rotatable bonds is 9. The highest BCUT2D eigenvalue weighted by molar-refractivity contribution is 7.16. The third-order valence-corrected chi connectivity index (χ3v) is 10.9. The minimum atomic E-state index is -1.25. The van der Waals surface area contributed by atoms with Crippen LogP contribution in [-0.4, -0.2) is 45.3 Å². The summed E-state index contributed by atoms with van der Waals surface area (Å²) in [6.07, 6.45) is 7.12. The van der Waals surface area contributed by atoms with E-state index in [1.807, 2.05) is 36.4 Å². The van der Waals surface area contributed by atoms with Crippen molar-refractivity contribution in [2.45, 2.75) is 65.2 Å². The zero-order valence-corrected chi connectivity index (χ0v) is 29.0. The SMILES string of the molecule is CCCC[N+]1=C(/C=C2/C(=O)C(/C=C3/N(CC)c4ccccc4C3(C)C)=C2O)C(C)(C)c2cc(-c3ccc(/C=C(/C#N)C(=O)O)s3)ccc21. The second-order valence-corrected chi connectivity index (χ2v) is 14.6. The van der Waals surface area contributed by atoms with E-state index in [0.717, 1.165) is 64.7 Å². The number of carbonyl (C=O) groups excluding carboxylic acids is 1. The van der Waals surface area contributed by atoms with Crippen molar-refractivity contribution in [3.63, 3.8) is 0 Å². The fraction of sp³-hybridized carbons (Fsp3) is 0.300. The Balaban J connectivity index is 1.37. The Bertz CT molecular complexity index is 2080. The molecule has 0 saturated heterocycles. The number of para-hydroxylation sites is 1. The largest absolute Gasteiger partial charge is 0.506 e. The van der Waals surface area contributed by atoms with Gasteiger partial charge in [-0.2, -0.15) is 9.84 Å². The number of anilines is 1. The van der Waals surface area contributed by atoms with Gasteiger partial charge in [0.2, 0.25) is 11.5 Å². The molecule has 1 aromatic heterocycles. The monoisotopic (exact) mass is 658 g/mol. The molecule has 3 aliphatic rings. The van der Waals surface area contributed by atoms with Gasteiger partial charge in [0.25, 0.3) is 0 Å². The molecule has 0 atom stereocenters. The van der Waals surface area contributed by atoms with E-state index in [0.29, 0.717) is 16.0 Å². The molecule has 3 aromatic rings. The smallest absolute Gasteiger partial charge is 0.346 e. The number of likely N-dealkylation sites (N-methyl/N-ethyl adjacent to an activating group) is 1. The van der Waals surface area contributed by atoms with Crippen LogP contribution in [0.1, 0.15) is 70.4 Å². The Morgan fingerprint density at radius 3 is 2.44 bits per heavy atom. The van der Waals surface area contributed by atoms with E-state index in [2.05, 4.69) is 81.3 Å². The number of carbonyl (C=O) groups is 2. The molecule has 6 rings (SSSR count). The Kier molecular flexibility index (Phi) is 8.38. The van der Waals surface area contributed by atoms with Gasteiger partial charge in [-0.15, -0.1) is 11.3 Å². The Morgan fingerprint density at radius 2 is 1.77 bits per heavy atom. The lowest BCUT2D eigenvalue weighted by Gasteiger charge is -2.28. The number of allylic oxidation sites excluding steroid dienone is 5. The second kappa shape index (κ2) is 12.2. The van der Waals surface area contributed by atoms with Gasteiger partial charge in [0, 0.05) is 57.2 Å². The Hall–Kier alpha value is -5.00. The van der Waals surface area contributed by atoms with Crippen LogP contribution in [0.3, 0.4) is 0 Å². The highest BCUT2D eigenvalue weighted by Gasteiger charge is 2.47. The summed E-state index contributed by atoms with van der Waals surface area (Å²) in [5.74, 6) is -1.38. The first-order valence-corrected chi connectivity index (χ1v) is 17.2. The van der Waals surface area contributed by atoms with Gasteiger partial charge in [0.15, 0.2) is 5.71 Å². The van der Waals surface area contributed by atoms with E-state index >= 15 is 0 Å². The summed E-state index contributed by atoms with van der Waals surface area (Å²) in [4.78, 5) is 29.0. The van der Waals surface area contributed by atoms with E-state index < -0.39 is 11.4 Å². The predicted molar refractivity (Wildman–Crippen MR) is 192 cm³/mol. The van der Waals surface area contributed by atoms with Crippen LogP contribution in [0.5, 0.6) is 0 Å². The number of Topliss-reactive ketones (excluding diaryl/α,β-unsaturated/α-hetero) is 1. The van der Waals surface area contributed by atoms with Gasteiger partial charge in [0.1, 0.15) is 23.9 Å². The van der Waals surface area contributed by atoms with Crippen molar-refractivity contribution in [2.24, 2.45) is 0 Å². The zero-order chi connectivity index (χ0) is 34.5. The third kappa shape index (κ3) is 5.23. The van der Waals surface area contributed by atoms with E-state index in [9.17, 15) is 25.1 Å². The summed E-state index contributed by atoms with van der Waals surface area (Å²) >= 11 is 1.43. The van der Waals surface area contributed by atoms with Crippen molar-refractivity contribution >= 4 is 46.3 Å². The quantitative estimate of drug-likeness (QED) is 0.136. The maximum Gasteiger partial charge on any atom is 0.346 e. The van der Waals surface area contributed by atoms with E-state index in [1.54, 1.807) is 6.07 Å². The summed E-state index contributed by atoms with van der Waals surface area (Å²) in [5.41, 5.74) is 7.05. The number of carboxylic acid groups (broad SMARTS) is 1. The van der Waals surface area contributed by atoms with Crippen molar-refractivity contribution < 1.29 is 24.4 Å². The van der Waals surface area contributed by atoms with Gasteiger partial charge in [0.05, 0.1) is 16.6 Å². The summed E-state index contributed by atoms with van der Waals surface area (Å²) in [7, 11) is 0. The summed E-state index contributed by atoms with van der Waals surface area (Å²) < 4.78 is 2.27. The van der Waals surface area contributed by atoms with Crippen LogP contribution < -0.4 is 4.90 Å². The van der Waals surface area contributed by atoms with Crippen molar-refractivity contribution in [1.82, 2.24) is 0 Å². The number of aliphatic hydroxyl groups excluding tert-OH is 1. The molecule has 3 heterocycles. The lowest BCUT2D eigenvalue weighted by molar-refractivity contribution is -0.438. The van der Waals surface area contributed by atoms with Crippen LogP contribution in [0.15, 0.2) is 94.9 Å². The molecule has 0 saturated carbocycles. The first-order valence-electron chi connectivity index (χ1n) is 16.4. The summed E-state index contributed by atoms with van der Waals surface area (Å²) in [5, 5.41) is 29.8.